The molecule has 0 saturated heterocycles. The molecule has 2 aliphatic rings. The number of hydrogen-bond donors (Lipinski definition) is 0. The van der Waals surface area contributed by atoms with E-state index in [1.54, 1.807) is 0 Å². The fourth-order valence-electron chi connectivity index (χ4n) is 3.03. The monoisotopic (exact) mass is 306 g/mol. The molecule has 1 aromatic rings. The molecule has 2 unspecified atom stereocenters. The highest BCUT2D eigenvalue weighted by Gasteiger charge is 2.52. The number of aliphatic imine (C=N–C) groups is 1. The number of fused-ring (bicyclic) bond motifs is 1. The van der Waals surface area contributed by atoms with Crippen LogP contribution < -0.4 is 0 Å². The summed E-state index contributed by atoms with van der Waals surface area (Å²) < 4.78 is 2.21. The van der Waals surface area contributed by atoms with E-state index < -0.39 is 0 Å². The largest absolute Gasteiger partial charge is 0.623 e. The van der Waals surface area contributed by atoms with Crippen LogP contribution in [-0.4, -0.2) is 27.7 Å². The molecule has 3 nitrogen and oxygen atoms in total. The smallest absolute Gasteiger partial charge is 0.197 e. The van der Waals surface area contributed by atoms with Crippen molar-refractivity contribution < 1.29 is 4.74 Å². The normalized spacial score (nSPS) is 30.6. The van der Waals surface area contributed by atoms with E-state index in [9.17, 15) is 5.21 Å². The molecule has 0 amide bonds. The minimum atomic E-state index is -0.228. The Hall–Kier alpha value is -1.16. The van der Waals surface area contributed by atoms with E-state index in [-0.39, 0.29) is 11.6 Å². The second kappa shape index (κ2) is 3.92. The molecule has 2 aliphatic heterocycles. The molecule has 0 spiro atoms. The van der Waals surface area contributed by atoms with Crippen LogP contribution >= 0.6 is 15.9 Å². The lowest BCUT2D eigenvalue weighted by atomic mass is 9.90. The van der Waals surface area contributed by atoms with E-state index >= 15 is 0 Å². The van der Waals surface area contributed by atoms with E-state index in [2.05, 4.69) is 27.8 Å². The number of benzene rings is 1. The summed E-state index contributed by atoms with van der Waals surface area (Å²) in [6.07, 6.45) is 1.53. The van der Waals surface area contributed by atoms with Crippen LogP contribution in [0.1, 0.15) is 32.3 Å². The summed E-state index contributed by atoms with van der Waals surface area (Å²) in [6.45, 7) is 4.10. The predicted octanol–water partition coefficient (Wildman–Crippen LogP) is 3.14. The van der Waals surface area contributed by atoms with Crippen molar-refractivity contribution in [2.75, 3.05) is 0 Å². The van der Waals surface area contributed by atoms with Crippen LogP contribution in [0.5, 0.6) is 0 Å². The lowest BCUT2D eigenvalue weighted by Gasteiger charge is -2.17. The third kappa shape index (κ3) is 1.70. The SMILES string of the molecule is CC1=NC2(C)CC(c3ccc(Br)cc3)=[N+]([O-])C2C1. The number of rotatable bonds is 1. The first kappa shape index (κ1) is 11.9. The van der Waals surface area contributed by atoms with Gasteiger partial charge in [0.25, 0.3) is 0 Å². The number of hydroxylamine groups is 1. The molecule has 2 atom stereocenters. The van der Waals surface area contributed by atoms with Crippen molar-refractivity contribution >= 4 is 27.4 Å². The van der Waals surface area contributed by atoms with E-state index in [1.165, 1.54) is 4.74 Å². The lowest BCUT2D eigenvalue weighted by Crippen LogP contribution is -2.33. The van der Waals surface area contributed by atoms with Gasteiger partial charge in [0.05, 0.1) is 12.8 Å². The quantitative estimate of drug-likeness (QED) is 0.580. The van der Waals surface area contributed by atoms with Crippen molar-refractivity contribution in [3.8, 4) is 0 Å². The standard InChI is InChI=1S/C14H15BrN2O/c1-9-7-13-14(2,16-9)8-12(17(13)18)10-3-5-11(15)6-4-10/h3-6,13H,7-8H2,1-2H3. The topological polar surface area (TPSA) is 38.4 Å². The molecule has 0 N–H and O–H groups in total. The second-order valence-electron chi connectivity index (χ2n) is 5.38. The summed E-state index contributed by atoms with van der Waals surface area (Å²) in [5, 5.41) is 12.4. The van der Waals surface area contributed by atoms with Gasteiger partial charge in [0.1, 0.15) is 5.54 Å². The zero-order chi connectivity index (χ0) is 12.9. The van der Waals surface area contributed by atoms with Crippen LogP contribution in [0.15, 0.2) is 33.7 Å². The van der Waals surface area contributed by atoms with Crippen molar-refractivity contribution in [2.45, 2.75) is 38.3 Å². The summed E-state index contributed by atoms with van der Waals surface area (Å²) in [5.74, 6) is 0. The van der Waals surface area contributed by atoms with E-state index in [0.29, 0.717) is 0 Å². The molecule has 3 rings (SSSR count). The third-order valence-electron chi connectivity index (χ3n) is 3.90. The molecule has 94 valence electrons. The van der Waals surface area contributed by atoms with Gasteiger partial charge in [-0.2, -0.15) is 0 Å². The van der Waals surface area contributed by atoms with E-state index in [1.807, 2.05) is 31.2 Å². The fourth-order valence-corrected chi connectivity index (χ4v) is 3.29. The van der Waals surface area contributed by atoms with Gasteiger partial charge >= 0.3 is 0 Å². The number of nitrogens with zero attached hydrogens (tertiary/aromatic N) is 2. The second-order valence-corrected chi connectivity index (χ2v) is 6.30. The molecule has 1 aromatic carbocycles. The van der Waals surface area contributed by atoms with Crippen LogP contribution in [0, 0.1) is 5.21 Å². The first-order valence-electron chi connectivity index (χ1n) is 6.13. The van der Waals surface area contributed by atoms with Gasteiger partial charge in [0.2, 0.25) is 0 Å². The zero-order valence-electron chi connectivity index (χ0n) is 10.5. The summed E-state index contributed by atoms with van der Waals surface area (Å²) in [6, 6.07) is 7.91. The molecule has 0 aliphatic carbocycles. The highest BCUT2D eigenvalue weighted by Crippen LogP contribution is 2.38. The van der Waals surface area contributed by atoms with E-state index in [0.717, 1.165) is 34.3 Å². The van der Waals surface area contributed by atoms with Crippen LogP contribution in [0.2, 0.25) is 0 Å². The summed E-state index contributed by atoms with van der Waals surface area (Å²) in [4.78, 5) is 4.67. The van der Waals surface area contributed by atoms with Gasteiger partial charge in [-0.1, -0.05) is 15.9 Å². The highest BCUT2D eigenvalue weighted by atomic mass is 79.9. The van der Waals surface area contributed by atoms with Gasteiger partial charge < -0.3 is 5.21 Å². The minimum Gasteiger partial charge on any atom is -0.623 e. The third-order valence-corrected chi connectivity index (χ3v) is 4.43. The Morgan fingerprint density at radius 3 is 2.67 bits per heavy atom. The highest BCUT2D eigenvalue weighted by molar-refractivity contribution is 9.10. The summed E-state index contributed by atoms with van der Waals surface area (Å²) >= 11 is 3.41. The predicted molar refractivity (Wildman–Crippen MR) is 76.4 cm³/mol. The molecular weight excluding hydrogens is 292 g/mol. The molecule has 18 heavy (non-hydrogen) atoms. The van der Waals surface area contributed by atoms with Gasteiger partial charge in [0, 0.05) is 15.7 Å². The summed E-state index contributed by atoms with van der Waals surface area (Å²) in [5.41, 5.74) is 2.75. The maximum absolute atomic E-state index is 12.4. The van der Waals surface area contributed by atoms with Crippen molar-refractivity contribution in [3.05, 3.63) is 39.5 Å². The Kier molecular flexibility index (Phi) is 2.59. The first-order valence-corrected chi connectivity index (χ1v) is 6.92. The Bertz CT molecular complexity index is 562. The molecule has 0 fully saturated rings. The van der Waals surface area contributed by atoms with Crippen molar-refractivity contribution in [3.63, 3.8) is 0 Å². The van der Waals surface area contributed by atoms with Gasteiger partial charge in [-0.15, -0.1) is 0 Å². The number of halogens is 1. The molecule has 4 heteroatoms. The number of hydrogen-bond acceptors (Lipinski definition) is 2. The van der Waals surface area contributed by atoms with Crippen LogP contribution in [0.3, 0.4) is 0 Å². The molecule has 0 saturated carbocycles. The molecule has 2 heterocycles. The van der Waals surface area contributed by atoms with Gasteiger partial charge in [-0.05, 0) is 38.1 Å². The molecule has 0 radical (unpaired) electrons. The zero-order valence-corrected chi connectivity index (χ0v) is 12.1. The fraction of sp³-hybridized carbons (Fsp3) is 0.429. The van der Waals surface area contributed by atoms with Gasteiger partial charge in [-0.25, -0.2) is 4.74 Å². The van der Waals surface area contributed by atoms with E-state index in [4.69, 9.17) is 0 Å². The first-order chi connectivity index (χ1) is 8.49. The molecule has 0 bridgehead atoms. The lowest BCUT2D eigenvalue weighted by molar-refractivity contribution is -0.495. The maximum atomic E-state index is 12.4. The average Bonchev–Trinajstić information content (AvgIpc) is 2.73. The minimum absolute atomic E-state index is 0.0175. The van der Waals surface area contributed by atoms with Gasteiger partial charge in [-0.3, -0.25) is 4.99 Å². The summed E-state index contributed by atoms with van der Waals surface area (Å²) in [7, 11) is 0. The Morgan fingerprint density at radius 1 is 1.39 bits per heavy atom. The molecule has 0 aromatic heterocycles. The van der Waals surface area contributed by atoms with Crippen LogP contribution in [0.25, 0.3) is 0 Å². The van der Waals surface area contributed by atoms with Crippen molar-refractivity contribution in [1.29, 1.82) is 0 Å². The Balaban J connectivity index is 1.99. The Morgan fingerprint density at radius 2 is 2.06 bits per heavy atom. The van der Waals surface area contributed by atoms with Crippen molar-refractivity contribution in [1.82, 2.24) is 0 Å². The van der Waals surface area contributed by atoms with Gasteiger partial charge in [0.15, 0.2) is 11.8 Å². The van der Waals surface area contributed by atoms with Crippen molar-refractivity contribution in [2.24, 2.45) is 4.99 Å². The Labute approximate surface area is 115 Å². The maximum Gasteiger partial charge on any atom is 0.197 e. The molecular formula is C14H15BrN2O. The van der Waals surface area contributed by atoms with Crippen LogP contribution in [-0.2, 0) is 0 Å². The average molecular weight is 307 g/mol. The van der Waals surface area contributed by atoms with Crippen LogP contribution in [0.4, 0.5) is 0 Å².